The number of aliphatic hydroxyl groups excluding tert-OH is 1. The van der Waals surface area contributed by atoms with Crippen LogP contribution < -0.4 is 10.5 Å². The van der Waals surface area contributed by atoms with E-state index in [-0.39, 0.29) is 12.7 Å². The van der Waals surface area contributed by atoms with E-state index in [4.69, 9.17) is 20.3 Å². The number of hydrogen-bond acceptors (Lipinski definition) is 5. The minimum Gasteiger partial charge on any atom is -0.496 e. The van der Waals surface area contributed by atoms with Crippen molar-refractivity contribution in [2.45, 2.75) is 19.2 Å². The number of benzene rings is 1. The summed E-state index contributed by atoms with van der Waals surface area (Å²) in [6, 6.07) is 6.10. The van der Waals surface area contributed by atoms with Crippen molar-refractivity contribution in [1.82, 2.24) is 4.90 Å². The average Bonchev–Trinajstić information content (AvgIpc) is 2.47. The fourth-order valence-corrected chi connectivity index (χ4v) is 2.38. The molecule has 1 aromatic carbocycles. The number of morpholine rings is 1. The van der Waals surface area contributed by atoms with Crippen molar-refractivity contribution in [2.24, 2.45) is 5.73 Å². The molecule has 1 heterocycles. The van der Waals surface area contributed by atoms with Crippen molar-refractivity contribution >= 4 is 0 Å². The van der Waals surface area contributed by atoms with Crippen molar-refractivity contribution in [1.29, 1.82) is 0 Å². The van der Waals surface area contributed by atoms with Crippen LogP contribution in [0.4, 0.5) is 0 Å². The molecule has 106 valence electrons. The average molecular weight is 266 g/mol. The normalized spacial score (nSPS) is 20.5. The molecule has 0 spiro atoms. The Hall–Kier alpha value is -1.14. The summed E-state index contributed by atoms with van der Waals surface area (Å²) in [7, 11) is 1.65. The Balaban J connectivity index is 2.02. The molecular formula is C14H22N2O3. The van der Waals surface area contributed by atoms with Crippen molar-refractivity contribution in [3.8, 4) is 5.75 Å². The van der Waals surface area contributed by atoms with E-state index in [1.165, 1.54) is 5.56 Å². The molecule has 0 aromatic heterocycles. The highest BCUT2D eigenvalue weighted by molar-refractivity contribution is 5.37. The van der Waals surface area contributed by atoms with Gasteiger partial charge in [-0.25, -0.2) is 0 Å². The Bertz CT molecular complexity index is 412. The summed E-state index contributed by atoms with van der Waals surface area (Å²) >= 11 is 0. The summed E-state index contributed by atoms with van der Waals surface area (Å²) < 4.78 is 10.7. The van der Waals surface area contributed by atoms with E-state index >= 15 is 0 Å². The molecule has 0 radical (unpaired) electrons. The summed E-state index contributed by atoms with van der Waals surface area (Å²) in [6.45, 7) is 3.72. The fraction of sp³-hybridized carbons (Fsp3) is 0.571. The lowest BCUT2D eigenvalue weighted by Crippen LogP contribution is -2.43. The van der Waals surface area contributed by atoms with Crippen LogP contribution in [0, 0.1) is 0 Å². The van der Waals surface area contributed by atoms with Gasteiger partial charge in [-0.3, -0.25) is 4.90 Å². The fourth-order valence-electron chi connectivity index (χ4n) is 2.38. The monoisotopic (exact) mass is 266 g/mol. The lowest BCUT2D eigenvalue weighted by molar-refractivity contribution is -0.0551. The van der Waals surface area contributed by atoms with Crippen molar-refractivity contribution in [3.05, 3.63) is 29.3 Å². The van der Waals surface area contributed by atoms with E-state index in [0.29, 0.717) is 13.2 Å². The highest BCUT2D eigenvalue weighted by Crippen LogP contribution is 2.20. The minimum absolute atomic E-state index is 0.0685. The molecule has 1 unspecified atom stereocenters. The first kappa shape index (κ1) is 14.3. The molecule has 19 heavy (non-hydrogen) atoms. The molecule has 1 atom stereocenters. The Morgan fingerprint density at radius 3 is 3.05 bits per heavy atom. The van der Waals surface area contributed by atoms with Crippen LogP contribution in [0.1, 0.15) is 11.1 Å². The standard InChI is InChI=1S/C14H22N2O3/c1-18-14-3-2-11(6-12(14)7-15)8-16-4-5-19-13(9-16)10-17/h2-3,6,13,17H,4-5,7-10,15H2,1H3. The number of rotatable bonds is 5. The van der Waals surface area contributed by atoms with Gasteiger partial charge in [-0.2, -0.15) is 0 Å². The Labute approximate surface area is 113 Å². The maximum Gasteiger partial charge on any atom is 0.123 e. The van der Waals surface area contributed by atoms with Crippen LogP contribution in [-0.2, 0) is 17.8 Å². The topological polar surface area (TPSA) is 68.0 Å². The molecule has 0 bridgehead atoms. The number of aliphatic hydroxyl groups is 1. The largest absolute Gasteiger partial charge is 0.496 e. The third kappa shape index (κ3) is 3.67. The predicted molar refractivity (Wildman–Crippen MR) is 73.0 cm³/mol. The molecule has 5 nitrogen and oxygen atoms in total. The van der Waals surface area contributed by atoms with Crippen LogP contribution >= 0.6 is 0 Å². The van der Waals surface area contributed by atoms with Gasteiger partial charge < -0.3 is 20.3 Å². The molecule has 2 rings (SSSR count). The number of ether oxygens (including phenoxy) is 2. The molecular weight excluding hydrogens is 244 g/mol. The number of nitrogens with two attached hydrogens (primary N) is 1. The number of methoxy groups -OCH3 is 1. The quantitative estimate of drug-likeness (QED) is 0.805. The Kier molecular flexibility index (Phi) is 5.15. The maximum atomic E-state index is 9.14. The van der Waals surface area contributed by atoms with Crippen LogP contribution in [0.15, 0.2) is 18.2 Å². The van der Waals surface area contributed by atoms with Crippen molar-refractivity contribution in [3.63, 3.8) is 0 Å². The van der Waals surface area contributed by atoms with Gasteiger partial charge in [-0.15, -0.1) is 0 Å². The first-order valence-electron chi connectivity index (χ1n) is 6.57. The van der Waals surface area contributed by atoms with E-state index in [9.17, 15) is 0 Å². The molecule has 1 saturated heterocycles. The van der Waals surface area contributed by atoms with Gasteiger partial charge in [-0.05, 0) is 17.7 Å². The smallest absolute Gasteiger partial charge is 0.123 e. The molecule has 1 aliphatic rings. The summed E-state index contributed by atoms with van der Waals surface area (Å²) in [6.07, 6.45) is -0.0685. The second-order valence-electron chi connectivity index (χ2n) is 4.76. The highest BCUT2D eigenvalue weighted by atomic mass is 16.5. The first-order chi connectivity index (χ1) is 9.26. The molecule has 5 heteroatoms. The van der Waals surface area contributed by atoms with Crippen LogP contribution in [0.25, 0.3) is 0 Å². The zero-order chi connectivity index (χ0) is 13.7. The Morgan fingerprint density at radius 2 is 2.37 bits per heavy atom. The summed E-state index contributed by atoms with van der Waals surface area (Å²) in [5, 5.41) is 9.14. The van der Waals surface area contributed by atoms with Gasteiger partial charge in [0.15, 0.2) is 0 Å². The number of nitrogens with zero attached hydrogens (tertiary/aromatic N) is 1. The van der Waals surface area contributed by atoms with Crippen LogP contribution in [0.3, 0.4) is 0 Å². The molecule has 1 aliphatic heterocycles. The van der Waals surface area contributed by atoms with Gasteiger partial charge in [0.2, 0.25) is 0 Å². The van der Waals surface area contributed by atoms with Gasteiger partial charge in [0.25, 0.3) is 0 Å². The van der Waals surface area contributed by atoms with E-state index in [1.807, 2.05) is 6.07 Å². The molecule has 0 aliphatic carbocycles. The summed E-state index contributed by atoms with van der Waals surface area (Å²) in [5.41, 5.74) is 7.95. The second-order valence-corrected chi connectivity index (χ2v) is 4.76. The lowest BCUT2D eigenvalue weighted by Gasteiger charge is -2.32. The second kappa shape index (κ2) is 6.86. The van der Waals surface area contributed by atoms with Gasteiger partial charge in [-0.1, -0.05) is 6.07 Å². The van der Waals surface area contributed by atoms with Crippen molar-refractivity contribution in [2.75, 3.05) is 33.4 Å². The third-order valence-corrected chi connectivity index (χ3v) is 3.40. The first-order valence-corrected chi connectivity index (χ1v) is 6.57. The minimum atomic E-state index is -0.0685. The van der Waals surface area contributed by atoms with Crippen LogP contribution in [0.2, 0.25) is 0 Å². The summed E-state index contributed by atoms with van der Waals surface area (Å²) in [4.78, 5) is 2.28. The highest BCUT2D eigenvalue weighted by Gasteiger charge is 2.19. The van der Waals surface area contributed by atoms with Gasteiger partial charge >= 0.3 is 0 Å². The van der Waals surface area contributed by atoms with Gasteiger partial charge in [0.05, 0.1) is 26.4 Å². The molecule has 0 saturated carbocycles. The molecule has 1 aromatic rings. The van der Waals surface area contributed by atoms with E-state index in [2.05, 4.69) is 17.0 Å². The Morgan fingerprint density at radius 1 is 1.53 bits per heavy atom. The summed E-state index contributed by atoms with van der Waals surface area (Å²) in [5.74, 6) is 0.835. The molecule has 3 N–H and O–H groups in total. The zero-order valence-electron chi connectivity index (χ0n) is 11.3. The van der Waals surface area contributed by atoms with E-state index in [0.717, 1.165) is 30.9 Å². The van der Waals surface area contributed by atoms with Crippen LogP contribution in [0.5, 0.6) is 5.75 Å². The molecule has 0 amide bonds. The van der Waals surface area contributed by atoms with Gasteiger partial charge in [0.1, 0.15) is 5.75 Å². The number of hydrogen-bond donors (Lipinski definition) is 2. The maximum absolute atomic E-state index is 9.14. The zero-order valence-corrected chi connectivity index (χ0v) is 11.3. The third-order valence-electron chi connectivity index (χ3n) is 3.40. The molecule has 1 fully saturated rings. The lowest BCUT2D eigenvalue weighted by atomic mass is 10.1. The van der Waals surface area contributed by atoms with Crippen molar-refractivity contribution < 1.29 is 14.6 Å². The van der Waals surface area contributed by atoms with Crippen LogP contribution in [-0.4, -0.2) is 49.5 Å². The van der Waals surface area contributed by atoms with E-state index in [1.54, 1.807) is 7.11 Å². The van der Waals surface area contributed by atoms with E-state index < -0.39 is 0 Å². The predicted octanol–water partition coefficient (Wildman–Crippen LogP) is 0.347. The SMILES string of the molecule is COc1ccc(CN2CCOC(CO)C2)cc1CN. The van der Waals surface area contributed by atoms with Gasteiger partial charge in [0, 0.05) is 31.7 Å².